The molecular formula is C23H28N4O2S. The molecule has 1 aliphatic heterocycles. The Morgan fingerprint density at radius 3 is 2.73 bits per heavy atom. The fourth-order valence-corrected chi connectivity index (χ4v) is 4.64. The topological polar surface area (TPSA) is 71.3 Å². The third kappa shape index (κ3) is 4.47. The molecule has 7 heteroatoms. The molecule has 4 rings (SSSR count). The number of aromatic nitrogens is 2. The molecule has 1 fully saturated rings. The van der Waals surface area contributed by atoms with Gasteiger partial charge in [-0.2, -0.15) is 0 Å². The summed E-state index contributed by atoms with van der Waals surface area (Å²) in [7, 11) is 0. The minimum Gasteiger partial charge on any atom is -0.349 e. The van der Waals surface area contributed by atoms with E-state index in [9.17, 15) is 4.79 Å². The lowest BCUT2D eigenvalue weighted by Gasteiger charge is -2.31. The first-order valence-corrected chi connectivity index (χ1v) is 11.2. The van der Waals surface area contributed by atoms with Gasteiger partial charge in [0.25, 0.3) is 11.6 Å². The fourth-order valence-electron chi connectivity index (χ4n) is 3.81. The first kappa shape index (κ1) is 20.8. The molecule has 0 aromatic carbocycles. The number of allylic oxidation sites excluding steroid dienone is 1. The second-order valence-electron chi connectivity index (χ2n) is 8.24. The van der Waals surface area contributed by atoms with Crippen LogP contribution < -0.4 is 5.32 Å². The second kappa shape index (κ2) is 8.70. The first-order chi connectivity index (χ1) is 14.4. The van der Waals surface area contributed by atoms with Crippen molar-refractivity contribution < 1.29 is 9.32 Å². The van der Waals surface area contributed by atoms with Crippen molar-refractivity contribution in [2.24, 2.45) is 0 Å². The third-order valence-corrected chi connectivity index (χ3v) is 6.56. The number of hydrogen-bond donors (Lipinski definition) is 1. The number of pyridine rings is 1. The summed E-state index contributed by atoms with van der Waals surface area (Å²) in [4.78, 5) is 22.5. The van der Waals surface area contributed by atoms with Crippen LogP contribution in [-0.4, -0.2) is 46.6 Å². The van der Waals surface area contributed by atoms with Gasteiger partial charge in [-0.05, 0) is 58.7 Å². The van der Waals surface area contributed by atoms with Crippen molar-refractivity contribution in [3.05, 3.63) is 46.0 Å². The van der Waals surface area contributed by atoms with Crippen molar-refractivity contribution in [1.82, 2.24) is 20.4 Å². The Morgan fingerprint density at radius 1 is 1.30 bits per heavy atom. The molecule has 1 N–H and O–H groups in total. The monoisotopic (exact) mass is 424 g/mol. The predicted molar refractivity (Wildman–Crippen MR) is 121 cm³/mol. The smallest absolute Gasteiger partial charge is 0.259 e. The van der Waals surface area contributed by atoms with E-state index < -0.39 is 0 Å². The Labute approximate surface area is 181 Å². The summed E-state index contributed by atoms with van der Waals surface area (Å²) in [6, 6.07) is 6.13. The Bertz CT molecular complexity index is 1090. The van der Waals surface area contributed by atoms with E-state index in [4.69, 9.17) is 4.52 Å². The number of amides is 1. The van der Waals surface area contributed by atoms with Crippen molar-refractivity contribution in [3.63, 3.8) is 0 Å². The zero-order valence-electron chi connectivity index (χ0n) is 18.0. The van der Waals surface area contributed by atoms with Crippen LogP contribution in [0, 0.1) is 13.8 Å². The zero-order chi connectivity index (χ0) is 21.3. The lowest BCUT2D eigenvalue weighted by molar-refractivity contribution is 0.0915. The van der Waals surface area contributed by atoms with E-state index in [1.165, 1.54) is 10.5 Å². The van der Waals surface area contributed by atoms with Gasteiger partial charge in [0.2, 0.25) is 0 Å². The molecule has 3 aromatic rings. The van der Waals surface area contributed by atoms with Crippen LogP contribution in [0.15, 0.2) is 34.4 Å². The van der Waals surface area contributed by atoms with Crippen LogP contribution >= 0.6 is 11.3 Å². The standard InChI is InChI=1S/C23H28N4O2S/c1-14(2)7-10-27-11-8-17(9-12-27)24-22(28)18-13-19(20-6-5-15(3)30-20)25-23-21(18)16(4)26-29-23/h5-7,13,17H,8-12H2,1-4H3,(H,24,28). The van der Waals surface area contributed by atoms with Gasteiger partial charge in [-0.1, -0.05) is 16.8 Å². The molecule has 1 aliphatic rings. The van der Waals surface area contributed by atoms with Gasteiger partial charge in [-0.25, -0.2) is 4.98 Å². The van der Waals surface area contributed by atoms with Crippen molar-refractivity contribution >= 4 is 28.3 Å². The lowest BCUT2D eigenvalue weighted by atomic mass is 10.0. The third-order valence-electron chi connectivity index (χ3n) is 5.54. The summed E-state index contributed by atoms with van der Waals surface area (Å²) in [5.41, 5.74) is 3.78. The first-order valence-electron chi connectivity index (χ1n) is 10.4. The van der Waals surface area contributed by atoms with Gasteiger partial charge in [0.15, 0.2) is 0 Å². The maximum atomic E-state index is 13.2. The van der Waals surface area contributed by atoms with Crippen LogP contribution in [-0.2, 0) is 0 Å². The van der Waals surface area contributed by atoms with Crippen LogP contribution in [0.25, 0.3) is 21.7 Å². The molecule has 3 aromatic heterocycles. The van der Waals surface area contributed by atoms with Crippen LogP contribution in [0.4, 0.5) is 0 Å². The Morgan fingerprint density at radius 2 is 2.07 bits per heavy atom. The molecule has 4 heterocycles. The van der Waals surface area contributed by atoms with Gasteiger partial charge in [0.1, 0.15) is 0 Å². The highest BCUT2D eigenvalue weighted by Crippen LogP contribution is 2.31. The Balaban J connectivity index is 1.53. The van der Waals surface area contributed by atoms with Crippen LogP contribution in [0.1, 0.15) is 47.6 Å². The van der Waals surface area contributed by atoms with Crippen LogP contribution in [0.2, 0.25) is 0 Å². The second-order valence-corrected chi connectivity index (χ2v) is 9.53. The summed E-state index contributed by atoms with van der Waals surface area (Å²) < 4.78 is 5.41. The van der Waals surface area contributed by atoms with Crippen LogP contribution in [0.5, 0.6) is 0 Å². The number of nitrogens with one attached hydrogen (secondary N) is 1. The quantitative estimate of drug-likeness (QED) is 0.600. The lowest BCUT2D eigenvalue weighted by Crippen LogP contribution is -2.44. The van der Waals surface area contributed by atoms with Gasteiger partial charge >= 0.3 is 0 Å². The predicted octanol–water partition coefficient (Wildman–Crippen LogP) is 4.73. The summed E-state index contributed by atoms with van der Waals surface area (Å²) in [5.74, 6) is -0.0778. The number of fused-ring (bicyclic) bond motifs is 1. The number of carbonyl (C=O) groups excluding carboxylic acids is 1. The Hall–Kier alpha value is -2.51. The van der Waals surface area contributed by atoms with Crippen molar-refractivity contribution in [2.45, 2.75) is 46.6 Å². The molecule has 0 bridgehead atoms. The molecule has 1 saturated heterocycles. The molecule has 1 amide bonds. The SMILES string of the molecule is CC(C)=CCN1CCC(NC(=O)c2cc(-c3ccc(C)s3)nc3onc(C)c23)CC1. The van der Waals surface area contributed by atoms with Crippen molar-refractivity contribution in [1.29, 1.82) is 0 Å². The van der Waals surface area contributed by atoms with E-state index in [1.54, 1.807) is 11.3 Å². The molecule has 0 radical (unpaired) electrons. The molecule has 0 unspecified atom stereocenters. The average molecular weight is 425 g/mol. The number of likely N-dealkylation sites (tertiary alicyclic amines) is 1. The number of carbonyl (C=O) groups is 1. The fraction of sp³-hybridized carbons (Fsp3) is 0.435. The maximum absolute atomic E-state index is 13.2. The molecule has 0 spiro atoms. The van der Waals surface area contributed by atoms with E-state index in [0.29, 0.717) is 22.4 Å². The Kier molecular flexibility index (Phi) is 6.01. The van der Waals surface area contributed by atoms with Crippen molar-refractivity contribution in [2.75, 3.05) is 19.6 Å². The van der Waals surface area contributed by atoms with E-state index in [0.717, 1.165) is 43.0 Å². The summed E-state index contributed by atoms with van der Waals surface area (Å²) in [5, 5.41) is 7.98. The number of rotatable bonds is 5. The summed E-state index contributed by atoms with van der Waals surface area (Å²) in [6.45, 7) is 11.1. The minimum atomic E-state index is -0.0778. The minimum absolute atomic E-state index is 0.0778. The van der Waals surface area contributed by atoms with Gasteiger partial charge in [-0.15, -0.1) is 11.3 Å². The van der Waals surface area contributed by atoms with Gasteiger partial charge in [0, 0.05) is 30.6 Å². The highest BCUT2D eigenvalue weighted by Gasteiger charge is 2.24. The highest BCUT2D eigenvalue weighted by molar-refractivity contribution is 7.15. The molecular weight excluding hydrogens is 396 g/mol. The van der Waals surface area contributed by atoms with E-state index in [2.05, 4.69) is 53.3 Å². The molecule has 0 saturated carbocycles. The average Bonchev–Trinajstić information content (AvgIpc) is 3.32. The van der Waals surface area contributed by atoms with Gasteiger partial charge < -0.3 is 9.84 Å². The number of nitrogens with zero attached hydrogens (tertiary/aromatic N) is 3. The van der Waals surface area contributed by atoms with E-state index in [1.807, 2.05) is 19.1 Å². The highest BCUT2D eigenvalue weighted by atomic mass is 32.1. The molecule has 0 atom stereocenters. The molecule has 158 valence electrons. The maximum Gasteiger partial charge on any atom is 0.259 e. The summed E-state index contributed by atoms with van der Waals surface area (Å²) in [6.07, 6.45) is 4.17. The number of piperidine rings is 1. The van der Waals surface area contributed by atoms with Gasteiger partial charge in [-0.3, -0.25) is 9.69 Å². The van der Waals surface area contributed by atoms with Crippen LogP contribution in [0.3, 0.4) is 0 Å². The number of thiophene rings is 1. The zero-order valence-corrected chi connectivity index (χ0v) is 18.8. The number of aryl methyl sites for hydroxylation is 2. The van der Waals surface area contributed by atoms with Gasteiger partial charge in [0.05, 0.1) is 27.2 Å². The van der Waals surface area contributed by atoms with E-state index >= 15 is 0 Å². The summed E-state index contributed by atoms with van der Waals surface area (Å²) >= 11 is 1.65. The van der Waals surface area contributed by atoms with E-state index in [-0.39, 0.29) is 11.9 Å². The largest absolute Gasteiger partial charge is 0.349 e. The normalized spacial score (nSPS) is 15.5. The number of hydrogen-bond acceptors (Lipinski definition) is 6. The molecule has 6 nitrogen and oxygen atoms in total. The van der Waals surface area contributed by atoms with Crippen molar-refractivity contribution in [3.8, 4) is 10.6 Å². The molecule has 0 aliphatic carbocycles. The molecule has 30 heavy (non-hydrogen) atoms.